The predicted octanol–water partition coefficient (Wildman–Crippen LogP) is 2.98. The Labute approximate surface area is 136 Å². The van der Waals surface area contributed by atoms with Gasteiger partial charge in [-0.1, -0.05) is 36.4 Å². The molecule has 0 saturated heterocycles. The molecule has 1 amide bonds. The molecule has 1 atom stereocenters. The summed E-state index contributed by atoms with van der Waals surface area (Å²) in [4.78, 5) is 23.1. The molecule has 0 spiro atoms. The summed E-state index contributed by atoms with van der Waals surface area (Å²) in [7, 11) is 0. The number of benzene rings is 2. The highest BCUT2D eigenvalue weighted by molar-refractivity contribution is 5.88. The number of nitrogens with one attached hydrogen (secondary N) is 1. The minimum atomic E-state index is -0.986. The van der Waals surface area contributed by atoms with Gasteiger partial charge in [0.05, 0.1) is 12.0 Å². The number of amides is 1. The maximum absolute atomic E-state index is 12.1. The number of aromatic carboxylic acids is 1. The van der Waals surface area contributed by atoms with E-state index in [0.29, 0.717) is 5.56 Å². The zero-order valence-electron chi connectivity index (χ0n) is 13.4. The first kappa shape index (κ1) is 16.7. The van der Waals surface area contributed by atoms with Gasteiger partial charge in [-0.25, -0.2) is 4.79 Å². The normalized spacial score (nSPS) is 11.7. The van der Waals surface area contributed by atoms with Crippen LogP contribution in [0.5, 0.6) is 0 Å². The smallest absolute Gasteiger partial charge is 0.335 e. The highest BCUT2D eigenvalue weighted by Gasteiger charge is 2.11. The third-order valence-electron chi connectivity index (χ3n) is 3.73. The third kappa shape index (κ3) is 4.95. The first-order valence-electron chi connectivity index (χ1n) is 7.62. The molecule has 0 aliphatic heterocycles. The highest BCUT2D eigenvalue weighted by atomic mass is 16.4. The van der Waals surface area contributed by atoms with Crippen LogP contribution in [0.25, 0.3) is 0 Å². The van der Waals surface area contributed by atoms with Crippen LogP contribution in [0, 0.1) is 6.92 Å². The molecular formula is C19H21NO3. The van der Waals surface area contributed by atoms with Gasteiger partial charge in [0.1, 0.15) is 0 Å². The Morgan fingerprint density at radius 1 is 1.13 bits per heavy atom. The van der Waals surface area contributed by atoms with Crippen molar-refractivity contribution >= 4 is 11.9 Å². The zero-order chi connectivity index (χ0) is 16.8. The van der Waals surface area contributed by atoms with Crippen LogP contribution in [0.15, 0.2) is 48.5 Å². The fourth-order valence-electron chi connectivity index (χ4n) is 2.55. The molecule has 0 radical (unpaired) electrons. The Balaban J connectivity index is 1.93. The van der Waals surface area contributed by atoms with Gasteiger partial charge in [-0.05, 0) is 49.1 Å². The van der Waals surface area contributed by atoms with E-state index in [1.54, 1.807) is 12.1 Å². The summed E-state index contributed by atoms with van der Waals surface area (Å²) < 4.78 is 0. The molecule has 0 heterocycles. The van der Waals surface area contributed by atoms with Crippen molar-refractivity contribution in [1.82, 2.24) is 5.32 Å². The van der Waals surface area contributed by atoms with Crippen molar-refractivity contribution in [3.8, 4) is 0 Å². The van der Waals surface area contributed by atoms with Crippen LogP contribution in [0.3, 0.4) is 0 Å². The number of carbonyl (C=O) groups is 2. The van der Waals surface area contributed by atoms with E-state index in [4.69, 9.17) is 5.11 Å². The number of carboxylic acids is 1. The van der Waals surface area contributed by atoms with Gasteiger partial charge < -0.3 is 10.4 Å². The maximum atomic E-state index is 12.1. The number of aryl methyl sites for hydroxylation is 1. The number of carbonyl (C=O) groups excluding carboxylic acids is 1. The third-order valence-corrected chi connectivity index (χ3v) is 3.73. The number of rotatable bonds is 6. The molecule has 1 unspecified atom stereocenters. The monoisotopic (exact) mass is 311 g/mol. The molecular weight excluding hydrogens is 290 g/mol. The van der Waals surface area contributed by atoms with Gasteiger partial charge in [-0.2, -0.15) is 0 Å². The molecule has 23 heavy (non-hydrogen) atoms. The van der Waals surface area contributed by atoms with Crippen LogP contribution < -0.4 is 5.32 Å². The largest absolute Gasteiger partial charge is 0.478 e. The van der Waals surface area contributed by atoms with Crippen molar-refractivity contribution in [2.24, 2.45) is 0 Å². The summed E-state index contributed by atoms with van der Waals surface area (Å²) in [5.74, 6) is -1.09. The molecule has 4 heteroatoms. The predicted molar refractivity (Wildman–Crippen MR) is 89.6 cm³/mol. The minimum absolute atomic E-state index is 0.0197. The second kappa shape index (κ2) is 7.58. The van der Waals surface area contributed by atoms with E-state index in [1.807, 2.05) is 19.1 Å². The summed E-state index contributed by atoms with van der Waals surface area (Å²) >= 11 is 0. The van der Waals surface area contributed by atoms with E-state index in [0.717, 1.165) is 6.42 Å². The molecule has 0 saturated carbocycles. The number of carboxylic acid groups (broad SMARTS) is 1. The van der Waals surface area contributed by atoms with Gasteiger partial charge in [0.2, 0.25) is 5.91 Å². The van der Waals surface area contributed by atoms with Crippen molar-refractivity contribution in [3.05, 3.63) is 70.8 Å². The standard InChI is InChI=1S/C19H21NO3/c1-13-6-3-4-8-16(13)10-14(2)20-18(21)12-15-7-5-9-17(11-15)19(22)23/h3-9,11,14H,10,12H2,1-2H3,(H,20,21)(H,22,23). The lowest BCUT2D eigenvalue weighted by Gasteiger charge is -2.15. The maximum Gasteiger partial charge on any atom is 0.335 e. The van der Waals surface area contributed by atoms with Crippen LogP contribution in [0.4, 0.5) is 0 Å². The summed E-state index contributed by atoms with van der Waals surface area (Å²) in [5, 5.41) is 11.9. The Morgan fingerprint density at radius 3 is 2.57 bits per heavy atom. The van der Waals surface area contributed by atoms with Crippen LogP contribution in [0.2, 0.25) is 0 Å². The van der Waals surface area contributed by atoms with Crippen molar-refractivity contribution < 1.29 is 14.7 Å². The van der Waals surface area contributed by atoms with Gasteiger partial charge in [0.15, 0.2) is 0 Å². The average molecular weight is 311 g/mol. The van der Waals surface area contributed by atoms with Gasteiger partial charge in [0, 0.05) is 6.04 Å². The second-order valence-corrected chi connectivity index (χ2v) is 5.78. The van der Waals surface area contributed by atoms with E-state index < -0.39 is 5.97 Å². The van der Waals surface area contributed by atoms with E-state index in [2.05, 4.69) is 24.4 Å². The minimum Gasteiger partial charge on any atom is -0.478 e. The van der Waals surface area contributed by atoms with Crippen molar-refractivity contribution in [3.63, 3.8) is 0 Å². The van der Waals surface area contributed by atoms with Crippen molar-refractivity contribution in [2.75, 3.05) is 0 Å². The fraction of sp³-hybridized carbons (Fsp3) is 0.263. The van der Waals surface area contributed by atoms with Gasteiger partial charge in [-0.15, -0.1) is 0 Å². The van der Waals surface area contributed by atoms with E-state index in [-0.39, 0.29) is 23.9 Å². The zero-order valence-corrected chi connectivity index (χ0v) is 13.4. The molecule has 0 aliphatic carbocycles. The van der Waals surface area contributed by atoms with E-state index in [9.17, 15) is 9.59 Å². The summed E-state index contributed by atoms with van der Waals surface area (Å²) in [6.07, 6.45) is 0.951. The quantitative estimate of drug-likeness (QED) is 0.862. The molecule has 120 valence electrons. The van der Waals surface area contributed by atoms with Crippen LogP contribution in [-0.4, -0.2) is 23.0 Å². The Morgan fingerprint density at radius 2 is 1.87 bits per heavy atom. The Kier molecular flexibility index (Phi) is 5.52. The number of hydrogen-bond donors (Lipinski definition) is 2. The van der Waals surface area contributed by atoms with E-state index >= 15 is 0 Å². The molecule has 0 bridgehead atoms. The lowest BCUT2D eigenvalue weighted by Crippen LogP contribution is -2.35. The second-order valence-electron chi connectivity index (χ2n) is 5.78. The van der Waals surface area contributed by atoms with Crippen LogP contribution in [0.1, 0.15) is 34.0 Å². The van der Waals surface area contributed by atoms with Crippen molar-refractivity contribution in [2.45, 2.75) is 32.7 Å². The SMILES string of the molecule is Cc1ccccc1CC(C)NC(=O)Cc1cccc(C(=O)O)c1. The number of hydrogen-bond acceptors (Lipinski definition) is 2. The molecule has 2 N–H and O–H groups in total. The van der Waals surface area contributed by atoms with Gasteiger partial charge >= 0.3 is 5.97 Å². The molecule has 2 rings (SSSR count). The van der Waals surface area contributed by atoms with Crippen molar-refractivity contribution in [1.29, 1.82) is 0 Å². The van der Waals surface area contributed by atoms with E-state index in [1.165, 1.54) is 23.3 Å². The van der Waals surface area contributed by atoms with Crippen LogP contribution in [-0.2, 0) is 17.6 Å². The lowest BCUT2D eigenvalue weighted by molar-refractivity contribution is -0.121. The summed E-state index contributed by atoms with van der Waals surface area (Å²) in [6.45, 7) is 4.03. The highest BCUT2D eigenvalue weighted by Crippen LogP contribution is 2.10. The topological polar surface area (TPSA) is 66.4 Å². The molecule has 2 aromatic carbocycles. The molecule has 0 aliphatic rings. The van der Waals surface area contributed by atoms with Gasteiger partial charge in [0.25, 0.3) is 0 Å². The first-order valence-corrected chi connectivity index (χ1v) is 7.62. The summed E-state index contributed by atoms with van der Waals surface area (Å²) in [5.41, 5.74) is 3.32. The van der Waals surface area contributed by atoms with Crippen LogP contribution >= 0.6 is 0 Å². The Hall–Kier alpha value is -2.62. The van der Waals surface area contributed by atoms with Gasteiger partial charge in [-0.3, -0.25) is 4.79 Å². The molecule has 2 aromatic rings. The molecule has 0 fully saturated rings. The lowest BCUT2D eigenvalue weighted by atomic mass is 10.0. The molecule has 4 nitrogen and oxygen atoms in total. The first-order chi connectivity index (χ1) is 11.0. The summed E-state index contributed by atoms with van der Waals surface area (Å²) in [6, 6.07) is 14.6. The molecule has 0 aromatic heterocycles. The Bertz CT molecular complexity index is 709. The fourth-order valence-corrected chi connectivity index (χ4v) is 2.55. The average Bonchev–Trinajstić information content (AvgIpc) is 2.49.